The Labute approximate surface area is 158 Å². The molecule has 0 saturated carbocycles. The second kappa shape index (κ2) is 7.03. The van der Waals surface area contributed by atoms with E-state index in [1.807, 2.05) is 0 Å². The number of methoxy groups -OCH3 is 1. The largest absolute Gasteiger partial charge is 0.496 e. The molecule has 0 aliphatic carbocycles. The average molecular weight is 380 g/mol. The van der Waals surface area contributed by atoms with Gasteiger partial charge in [0.05, 0.1) is 18.3 Å². The van der Waals surface area contributed by atoms with Crippen LogP contribution in [-0.2, 0) is 11.3 Å². The van der Waals surface area contributed by atoms with Gasteiger partial charge in [0.2, 0.25) is 0 Å². The number of carbonyl (C=O) groups excluding carboxylic acids is 2. The Bertz CT molecular complexity index is 1150. The summed E-state index contributed by atoms with van der Waals surface area (Å²) in [7, 11) is 1.46. The minimum Gasteiger partial charge on any atom is -0.496 e. The van der Waals surface area contributed by atoms with Crippen molar-refractivity contribution in [3.63, 3.8) is 0 Å². The van der Waals surface area contributed by atoms with Gasteiger partial charge < -0.3 is 25.1 Å². The molecule has 9 nitrogen and oxygen atoms in total. The van der Waals surface area contributed by atoms with E-state index in [4.69, 9.17) is 9.47 Å². The predicted molar refractivity (Wildman–Crippen MR) is 101 cm³/mol. The molecule has 1 aliphatic heterocycles. The Balaban J connectivity index is 1.54. The number of aromatic amines is 1. The number of nitrogens with one attached hydrogen (secondary N) is 3. The highest BCUT2D eigenvalue weighted by atomic mass is 16.5. The van der Waals surface area contributed by atoms with E-state index in [1.165, 1.54) is 7.11 Å². The van der Waals surface area contributed by atoms with Gasteiger partial charge in [-0.3, -0.25) is 14.4 Å². The average Bonchev–Trinajstić information content (AvgIpc) is 2.70. The van der Waals surface area contributed by atoms with Crippen LogP contribution in [0.15, 0.2) is 41.2 Å². The van der Waals surface area contributed by atoms with Gasteiger partial charge in [-0.2, -0.15) is 0 Å². The van der Waals surface area contributed by atoms with Gasteiger partial charge in [-0.05, 0) is 29.8 Å². The van der Waals surface area contributed by atoms with Crippen molar-refractivity contribution in [2.75, 3.05) is 19.0 Å². The minimum atomic E-state index is -0.528. The van der Waals surface area contributed by atoms with Gasteiger partial charge >= 0.3 is 0 Å². The summed E-state index contributed by atoms with van der Waals surface area (Å²) in [6.07, 6.45) is 0. The fraction of sp³-hybridized carbons (Fsp3) is 0.158. The topological polar surface area (TPSA) is 122 Å². The number of ether oxygens (including phenoxy) is 2. The third-order valence-corrected chi connectivity index (χ3v) is 4.26. The Kier molecular flexibility index (Phi) is 4.40. The zero-order chi connectivity index (χ0) is 19.7. The molecule has 1 aromatic heterocycles. The van der Waals surface area contributed by atoms with E-state index in [9.17, 15) is 14.4 Å². The van der Waals surface area contributed by atoms with Gasteiger partial charge in [0, 0.05) is 6.54 Å². The van der Waals surface area contributed by atoms with Gasteiger partial charge in [-0.15, -0.1) is 0 Å². The van der Waals surface area contributed by atoms with Crippen molar-refractivity contribution in [2.45, 2.75) is 6.54 Å². The molecule has 0 atom stereocenters. The number of nitrogens with zero attached hydrogens (tertiary/aromatic N) is 1. The highest BCUT2D eigenvalue weighted by molar-refractivity contribution is 5.96. The molecule has 0 unspecified atom stereocenters. The molecule has 0 saturated heterocycles. The molecule has 0 radical (unpaired) electrons. The second-order valence-electron chi connectivity index (χ2n) is 6.12. The summed E-state index contributed by atoms with van der Waals surface area (Å²) >= 11 is 0. The van der Waals surface area contributed by atoms with Crippen LogP contribution < -0.4 is 25.7 Å². The fourth-order valence-corrected chi connectivity index (χ4v) is 2.94. The molecule has 3 N–H and O–H groups in total. The van der Waals surface area contributed by atoms with Gasteiger partial charge in [0.25, 0.3) is 17.4 Å². The summed E-state index contributed by atoms with van der Waals surface area (Å²) < 4.78 is 10.5. The lowest BCUT2D eigenvalue weighted by Gasteiger charge is -2.18. The molecule has 0 spiro atoms. The van der Waals surface area contributed by atoms with Crippen LogP contribution in [0.1, 0.15) is 16.2 Å². The maximum atomic E-state index is 12.4. The zero-order valence-electron chi connectivity index (χ0n) is 14.9. The Morgan fingerprint density at radius 3 is 2.96 bits per heavy atom. The van der Waals surface area contributed by atoms with Crippen LogP contribution in [0.25, 0.3) is 10.9 Å². The normalized spacial score (nSPS) is 12.7. The van der Waals surface area contributed by atoms with Crippen LogP contribution in [0.4, 0.5) is 5.69 Å². The number of rotatable bonds is 4. The number of aromatic nitrogens is 2. The van der Waals surface area contributed by atoms with Crippen LogP contribution in [0, 0.1) is 0 Å². The number of hydrogen-bond donors (Lipinski definition) is 3. The SMILES string of the molecule is COc1cccc2nc(C(=O)NCc3ccc4c(c3)NC(=O)CO4)[nH]c(=O)c12. The van der Waals surface area contributed by atoms with E-state index in [0.717, 1.165) is 5.56 Å². The van der Waals surface area contributed by atoms with Gasteiger partial charge in [0.1, 0.15) is 16.9 Å². The van der Waals surface area contributed by atoms with Crippen LogP contribution in [0.5, 0.6) is 11.5 Å². The lowest BCUT2D eigenvalue weighted by Crippen LogP contribution is -2.28. The number of carbonyl (C=O) groups is 2. The summed E-state index contributed by atoms with van der Waals surface area (Å²) in [6.45, 7) is 0.163. The molecule has 142 valence electrons. The molecule has 2 heterocycles. The van der Waals surface area contributed by atoms with Crippen LogP contribution in [0.3, 0.4) is 0 Å². The standard InChI is InChI=1S/C19H16N4O5/c1-27-14-4-2-3-11-16(14)18(25)23-17(22-11)19(26)20-8-10-5-6-13-12(7-10)21-15(24)9-28-13/h2-7H,8-9H2,1H3,(H,20,26)(H,21,24)(H,22,23,25). The Morgan fingerprint density at radius 2 is 2.14 bits per heavy atom. The molecule has 0 bridgehead atoms. The van der Waals surface area contributed by atoms with Crippen LogP contribution in [-0.4, -0.2) is 35.5 Å². The van der Waals surface area contributed by atoms with Gasteiger partial charge in [0.15, 0.2) is 12.4 Å². The minimum absolute atomic E-state index is 0.0190. The molecule has 2 amide bonds. The van der Waals surface area contributed by atoms with Crippen LogP contribution in [0.2, 0.25) is 0 Å². The number of anilines is 1. The van der Waals surface area contributed by atoms with E-state index in [0.29, 0.717) is 22.7 Å². The number of H-pyrrole nitrogens is 1. The van der Waals surface area contributed by atoms with E-state index < -0.39 is 11.5 Å². The lowest BCUT2D eigenvalue weighted by atomic mass is 10.1. The van der Waals surface area contributed by atoms with Crippen molar-refractivity contribution in [1.29, 1.82) is 0 Å². The Morgan fingerprint density at radius 1 is 1.29 bits per heavy atom. The van der Waals surface area contributed by atoms with Crippen molar-refractivity contribution in [2.24, 2.45) is 0 Å². The van der Waals surface area contributed by atoms with Crippen LogP contribution >= 0.6 is 0 Å². The molecule has 0 fully saturated rings. The van der Waals surface area contributed by atoms with Crippen molar-refractivity contribution >= 4 is 28.4 Å². The molecule has 3 aromatic rings. The fourth-order valence-electron chi connectivity index (χ4n) is 2.94. The first-order chi connectivity index (χ1) is 13.5. The smallest absolute Gasteiger partial charge is 0.287 e. The molecule has 28 heavy (non-hydrogen) atoms. The van der Waals surface area contributed by atoms with E-state index in [1.54, 1.807) is 36.4 Å². The maximum Gasteiger partial charge on any atom is 0.287 e. The van der Waals surface area contributed by atoms with Crippen molar-refractivity contribution < 1.29 is 19.1 Å². The first-order valence-electron chi connectivity index (χ1n) is 8.46. The summed E-state index contributed by atoms with van der Waals surface area (Å²) in [5, 5.41) is 5.69. The van der Waals surface area contributed by atoms with E-state index in [2.05, 4.69) is 20.6 Å². The molecular weight excluding hydrogens is 364 g/mol. The number of benzene rings is 2. The quantitative estimate of drug-likeness (QED) is 0.625. The molecule has 1 aliphatic rings. The summed E-state index contributed by atoms with van der Waals surface area (Å²) in [5.41, 5.74) is 1.21. The van der Waals surface area contributed by atoms with Crippen molar-refractivity contribution in [3.8, 4) is 11.5 Å². The molecule has 2 aromatic carbocycles. The van der Waals surface area contributed by atoms with E-state index in [-0.39, 0.29) is 30.3 Å². The van der Waals surface area contributed by atoms with E-state index >= 15 is 0 Å². The summed E-state index contributed by atoms with van der Waals surface area (Å²) in [5.74, 6) is 0.0999. The summed E-state index contributed by atoms with van der Waals surface area (Å²) in [4.78, 5) is 42.9. The van der Waals surface area contributed by atoms with Gasteiger partial charge in [-0.25, -0.2) is 4.98 Å². The zero-order valence-corrected chi connectivity index (χ0v) is 14.9. The maximum absolute atomic E-state index is 12.4. The first kappa shape index (κ1) is 17.5. The number of fused-ring (bicyclic) bond motifs is 2. The van der Waals surface area contributed by atoms with Crippen molar-refractivity contribution in [1.82, 2.24) is 15.3 Å². The van der Waals surface area contributed by atoms with Crippen molar-refractivity contribution in [3.05, 3.63) is 58.1 Å². The van der Waals surface area contributed by atoms with Gasteiger partial charge in [-0.1, -0.05) is 12.1 Å². The third-order valence-electron chi connectivity index (χ3n) is 4.26. The third kappa shape index (κ3) is 3.25. The second-order valence-corrected chi connectivity index (χ2v) is 6.12. The number of hydrogen-bond acceptors (Lipinski definition) is 6. The highest BCUT2D eigenvalue weighted by Crippen LogP contribution is 2.28. The highest BCUT2D eigenvalue weighted by Gasteiger charge is 2.17. The first-order valence-corrected chi connectivity index (χ1v) is 8.46. The lowest BCUT2D eigenvalue weighted by molar-refractivity contribution is -0.118. The predicted octanol–water partition coefficient (Wildman–Crippen LogP) is 1.19. The monoisotopic (exact) mass is 380 g/mol. The molecule has 4 rings (SSSR count). The summed E-state index contributed by atoms with van der Waals surface area (Å²) in [6, 6.07) is 10.2. The molecule has 9 heteroatoms. The Hall–Kier alpha value is -3.88. The molecular formula is C19H16N4O5. The number of amides is 2.